The van der Waals surface area contributed by atoms with Gasteiger partial charge in [-0.15, -0.1) is 0 Å². The number of rotatable bonds is 8. The van der Waals surface area contributed by atoms with Crippen molar-refractivity contribution in [2.24, 2.45) is 0 Å². The molecule has 1 heterocycles. The van der Waals surface area contributed by atoms with E-state index in [1.54, 1.807) is 0 Å². The maximum atomic E-state index is 6.34. The lowest BCUT2D eigenvalue weighted by molar-refractivity contribution is 0.311. The van der Waals surface area contributed by atoms with Gasteiger partial charge in [-0.2, -0.15) is 0 Å². The molecular formula is C23H23ClN2O. The van der Waals surface area contributed by atoms with Crippen LogP contribution >= 0.6 is 11.6 Å². The molecule has 4 rings (SSSR count). The first-order chi connectivity index (χ1) is 13.3. The molecular weight excluding hydrogens is 356 g/mol. The molecule has 0 saturated heterocycles. The molecule has 1 aliphatic rings. The van der Waals surface area contributed by atoms with Crippen LogP contribution in [-0.4, -0.2) is 24.7 Å². The minimum atomic E-state index is 0.214. The summed E-state index contributed by atoms with van der Waals surface area (Å²) < 4.78 is 5.75. The van der Waals surface area contributed by atoms with Gasteiger partial charge in [0.2, 0.25) is 0 Å². The normalized spacial score (nSPS) is 14.7. The van der Waals surface area contributed by atoms with Crippen molar-refractivity contribution >= 4 is 11.6 Å². The quantitative estimate of drug-likeness (QED) is 0.553. The van der Waals surface area contributed by atoms with Crippen LogP contribution in [0.25, 0.3) is 11.3 Å². The first-order valence-electron chi connectivity index (χ1n) is 9.37. The van der Waals surface area contributed by atoms with Crippen LogP contribution in [0.4, 0.5) is 0 Å². The minimum absolute atomic E-state index is 0.214. The van der Waals surface area contributed by atoms with Crippen molar-refractivity contribution < 1.29 is 4.74 Å². The van der Waals surface area contributed by atoms with Gasteiger partial charge in [-0.05, 0) is 48.7 Å². The van der Waals surface area contributed by atoms with Crippen molar-refractivity contribution in [2.75, 3.05) is 19.7 Å². The summed E-state index contributed by atoms with van der Waals surface area (Å²) in [5.41, 5.74) is 3.48. The maximum absolute atomic E-state index is 6.34. The summed E-state index contributed by atoms with van der Waals surface area (Å²) in [6.07, 6.45) is 4.30. The van der Waals surface area contributed by atoms with Crippen molar-refractivity contribution in [3.8, 4) is 17.0 Å². The molecule has 0 amide bonds. The van der Waals surface area contributed by atoms with Crippen molar-refractivity contribution in [2.45, 2.75) is 18.3 Å². The van der Waals surface area contributed by atoms with Crippen LogP contribution in [0.2, 0.25) is 5.02 Å². The van der Waals surface area contributed by atoms with Crippen LogP contribution in [0.3, 0.4) is 0 Å². The monoisotopic (exact) mass is 378 g/mol. The number of nitrogens with one attached hydrogen (secondary N) is 1. The summed E-state index contributed by atoms with van der Waals surface area (Å²) in [5.74, 6) is 0.916. The molecule has 0 spiro atoms. The molecule has 0 aliphatic heterocycles. The van der Waals surface area contributed by atoms with Crippen molar-refractivity contribution in [1.29, 1.82) is 0 Å². The smallest absolute Gasteiger partial charge is 0.119 e. The van der Waals surface area contributed by atoms with E-state index in [0.717, 1.165) is 35.1 Å². The average Bonchev–Trinajstić information content (AvgIpc) is 3.50. The number of aromatic nitrogens is 1. The Kier molecular flexibility index (Phi) is 5.42. The predicted octanol–water partition coefficient (Wildman–Crippen LogP) is 5.10. The van der Waals surface area contributed by atoms with Crippen LogP contribution in [-0.2, 0) is 5.41 Å². The highest BCUT2D eigenvalue weighted by molar-refractivity contribution is 6.33. The van der Waals surface area contributed by atoms with Gasteiger partial charge < -0.3 is 10.1 Å². The molecule has 0 atom stereocenters. The first kappa shape index (κ1) is 18.0. The molecule has 138 valence electrons. The molecule has 0 bridgehead atoms. The fraction of sp³-hybridized carbons (Fsp3) is 0.261. The summed E-state index contributed by atoms with van der Waals surface area (Å²) in [6, 6.07) is 22.1. The van der Waals surface area contributed by atoms with E-state index in [1.165, 1.54) is 18.4 Å². The van der Waals surface area contributed by atoms with E-state index < -0.39 is 0 Å². The van der Waals surface area contributed by atoms with Crippen LogP contribution < -0.4 is 10.1 Å². The summed E-state index contributed by atoms with van der Waals surface area (Å²) in [5, 5.41) is 4.30. The number of halogens is 1. The van der Waals surface area contributed by atoms with Crippen molar-refractivity contribution in [3.05, 3.63) is 83.5 Å². The van der Waals surface area contributed by atoms with Gasteiger partial charge >= 0.3 is 0 Å². The Bertz CT molecular complexity index is 894. The highest BCUT2D eigenvalue weighted by Gasteiger charge is 2.43. The van der Waals surface area contributed by atoms with Crippen LogP contribution in [0.5, 0.6) is 5.75 Å². The lowest BCUT2D eigenvalue weighted by atomic mass is 9.95. The molecule has 0 radical (unpaired) electrons. The second kappa shape index (κ2) is 8.12. The highest BCUT2D eigenvalue weighted by atomic mass is 35.5. The van der Waals surface area contributed by atoms with E-state index in [9.17, 15) is 0 Å². The molecule has 3 nitrogen and oxygen atoms in total. The summed E-state index contributed by atoms with van der Waals surface area (Å²) in [4.78, 5) is 4.53. The molecule has 0 unspecified atom stereocenters. The average molecular weight is 379 g/mol. The Morgan fingerprint density at radius 1 is 1.00 bits per heavy atom. The van der Waals surface area contributed by atoms with E-state index in [1.807, 2.05) is 60.8 Å². The van der Waals surface area contributed by atoms with Crippen LogP contribution in [0, 0.1) is 0 Å². The molecule has 1 N–H and O–H groups in total. The zero-order valence-corrected chi connectivity index (χ0v) is 16.0. The predicted molar refractivity (Wildman–Crippen MR) is 110 cm³/mol. The summed E-state index contributed by atoms with van der Waals surface area (Å²) in [7, 11) is 0. The van der Waals surface area contributed by atoms with Crippen LogP contribution in [0.1, 0.15) is 18.4 Å². The topological polar surface area (TPSA) is 34.1 Å². The van der Waals surface area contributed by atoms with Crippen LogP contribution in [0.15, 0.2) is 72.9 Å². The van der Waals surface area contributed by atoms with Crippen molar-refractivity contribution in [3.63, 3.8) is 0 Å². The van der Waals surface area contributed by atoms with Gasteiger partial charge in [-0.1, -0.05) is 48.0 Å². The first-order valence-corrected chi connectivity index (χ1v) is 9.75. The Morgan fingerprint density at radius 2 is 1.78 bits per heavy atom. The zero-order valence-electron chi connectivity index (χ0n) is 15.2. The molecule has 2 aromatic carbocycles. The van der Waals surface area contributed by atoms with E-state index in [4.69, 9.17) is 16.3 Å². The van der Waals surface area contributed by atoms with Gasteiger partial charge in [0.15, 0.2) is 0 Å². The third-order valence-corrected chi connectivity index (χ3v) is 5.46. The number of benzene rings is 2. The molecule has 27 heavy (non-hydrogen) atoms. The van der Waals surface area contributed by atoms with Gasteiger partial charge in [0.05, 0.1) is 5.69 Å². The molecule has 1 saturated carbocycles. The number of nitrogens with zero attached hydrogens (tertiary/aromatic N) is 1. The molecule has 3 aromatic rings. The Labute approximate surface area is 165 Å². The van der Waals surface area contributed by atoms with E-state index in [-0.39, 0.29) is 5.41 Å². The maximum Gasteiger partial charge on any atom is 0.119 e. The van der Waals surface area contributed by atoms with Gasteiger partial charge in [-0.3, -0.25) is 4.98 Å². The number of hydrogen-bond donors (Lipinski definition) is 1. The third-order valence-electron chi connectivity index (χ3n) is 5.13. The minimum Gasteiger partial charge on any atom is -0.492 e. The third kappa shape index (κ3) is 4.32. The standard InChI is InChI=1S/C23H23ClN2O/c24-21-9-5-4-8-20(21)22-16-18(10-13-26-22)23(11-12-23)17-25-14-15-27-19-6-2-1-3-7-19/h1-10,13,16,25H,11-12,14-15,17H2. The zero-order chi connectivity index (χ0) is 18.5. The lowest BCUT2D eigenvalue weighted by Crippen LogP contribution is -2.30. The van der Waals surface area contributed by atoms with E-state index >= 15 is 0 Å². The number of para-hydroxylation sites is 1. The SMILES string of the molecule is Clc1ccccc1-c1cc(C2(CNCCOc3ccccc3)CC2)ccn1. The van der Waals surface area contributed by atoms with Gasteiger partial charge in [0.1, 0.15) is 12.4 Å². The fourth-order valence-corrected chi connectivity index (χ4v) is 3.61. The molecule has 1 aromatic heterocycles. The number of ether oxygens (including phenoxy) is 1. The molecule has 1 aliphatic carbocycles. The lowest BCUT2D eigenvalue weighted by Gasteiger charge is -2.18. The van der Waals surface area contributed by atoms with Gasteiger partial charge in [0, 0.05) is 35.3 Å². The summed E-state index contributed by atoms with van der Waals surface area (Å²) in [6.45, 7) is 2.46. The largest absolute Gasteiger partial charge is 0.492 e. The van der Waals surface area contributed by atoms with E-state index in [2.05, 4.69) is 22.4 Å². The fourth-order valence-electron chi connectivity index (χ4n) is 3.38. The van der Waals surface area contributed by atoms with Crippen molar-refractivity contribution in [1.82, 2.24) is 10.3 Å². The molecule has 1 fully saturated rings. The highest BCUT2D eigenvalue weighted by Crippen LogP contribution is 2.48. The Morgan fingerprint density at radius 3 is 2.56 bits per heavy atom. The number of hydrogen-bond acceptors (Lipinski definition) is 3. The Hall–Kier alpha value is -2.36. The Balaban J connectivity index is 1.36. The van der Waals surface area contributed by atoms with Gasteiger partial charge in [0.25, 0.3) is 0 Å². The second-order valence-corrected chi connectivity index (χ2v) is 7.44. The summed E-state index contributed by atoms with van der Waals surface area (Å²) >= 11 is 6.34. The molecule has 4 heteroatoms. The number of pyridine rings is 1. The van der Waals surface area contributed by atoms with Gasteiger partial charge in [-0.25, -0.2) is 0 Å². The van der Waals surface area contributed by atoms with E-state index in [0.29, 0.717) is 6.61 Å². The second-order valence-electron chi connectivity index (χ2n) is 7.03.